The van der Waals surface area contributed by atoms with Gasteiger partial charge in [0.05, 0.1) is 22.0 Å². The Morgan fingerprint density at radius 2 is 1.59 bits per heavy atom. The first kappa shape index (κ1) is 30.5. The smallest absolute Gasteiger partial charge is 0.326 e. The number of nitrogens with one attached hydrogen (secondary N) is 3. The van der Waals surface area contributed by atoms with Crippen molar-refractivity contribution in [3.63, 3.8) is 0 Å². The molecule has 1 atom stereocenters. The summed E-state index contributed by atoms with van der Waals surface area (Å²) in [5, 5.41) is 2.68. The molecule has 228 valence electrons. The Morgan fingerprint density at radius 3 is 2.25 bits per heavy atom. The Bertz CT molecular complexity index is 1890. The summed E-state index contributed by atoms with van der Waals surface area (Å²) >= 11 is 0. The fourth-order valence-electron chi connectivity index (χ4n) is 4.51. The number of amides is 2. The number of nitrogens with zero attached hydrogens (tertiary/aromatic N) is 1. The normalized spacial score (nSPS) is 14.9. The van der Waals surface area contributed by atoms with Gasteiger partial charge in [-0.15, -0.1) is 0 Å². The van der Waals surface area contributed by atoms with Crippen molar-refractivity contribution in [2.75, 3.05) is 21.9 Å². The zero-order valence-corrected chi connectivity index (χ0v) is 24.8. The van der Waals surface area contributed by atoms with E-state index >= 15 is 0 Å². The van der Waals surface area contributed by atoms with Gasteiger partial charge >= 0.3 is 10.2 Å². The van der Waals surface area contributed by atoms with Crippen molar-refractivity contribution in [3.8, 4) is 5.75 Å². The molecule has 5 N–H and O–H groups in total. The summed E-state index contributed by atoms with van der Waals surface area (Å²) in [5.74, 6) is -1.26. The summed E-state index contributed by atoms with van der Waals surface area (Å²) in [6.07, 6.45) is -0.142. The maximum Gasteiger partial charge on any atom is 0.326 e. The third-order valence-corrected chi connectivity index (χ3v) is 9.56. The van der Waals surface area contributed by atoms with E-state index in [9.17, 15) is 26.4 Å². The van der Waals surface area contributed by atoms with Crippen molar-refractivity contribution in [3.05, 3.63) is 114 Å². The van der Waals surface area contributed by atoms with Crippen molar-refractivity contribution in [1.82, 2.24) is 9.44 Å². The Balaban J connectivity index is 1.49. The molecule has 5 rings (SSSR count). The van der Waals surface area contributed by atoms with E-state index in [4.69, 9.17) is 10.5 Å². The zero-order chi connectivity index (χ0) is 31.3. The largest absolute Gasteiger partial charge is 0.487 e. The van der Waals surface area contributed by atoms with Crippen LogP contribution in [0.15, 0.2) is 108 Å². The molecule has 4 aromatic rings. The molecule has 12 nitrogen and oxygen atoms in total. The minimum Gasteiger partial charge on any atom is -0.487 e. The van der Waals surface area contributed by atoms with Crippen LogP contribution in [0.2, 0.25) is 0 Å². The zero-order valence-electron chi connectivity index (χ0n) is 23.2. The third kappa shape index (κ3) is 7.16. The summed E-state index contributed by atoms with van der Waals surface area (Å²) in [4.78, 5) is 25.4. The monoisotopic (exact) mass is 635 g/mol. The van der Waals surface area contributed by atoms with Crippen molar-refractivity contribution in [2.24, 2.45) is 0 Å². The molecule has 0 bridgehead atoms. The van der Waals surface area contributed by atoms with Crippen LogP contribution in [-0.2, 0) is 42.8 Å². The molecular formula is C30H29N5O7S2. The van der Waals surface area contributed by atoms with E-state index in [2.05, 4.69) is 10.0 Å². The summed E-state index contributed by atoms with van der Waals surface area (Å²) in [5.41, 5.74) is 7.95. The van der Waals surface area contributed by atoms with Gasteiger partial charge in [-0.1, -0.05) is 66.7 Å². The number of nitrogens with two attached hydrogens (primary N) is 1. The van der Waals surface area contributed by atoms with Crippen LogP contribution in [0.4, 0.5) is 17.1 Å². The first-order chi connectivity index (χ1) is 21.0. The van der Waals surface area contributed by atoms with Gasteiger partial charge < -0.3 is 15.8 Å². The van der Waals surface area contributed by atoms with Gasteiger partial charge in [-0.05, 0) is 53.9 Å². The number of carbonyl (C=O) groups is 2. The number of hydrogen-bond acceptors (Lipinski definition) is 8. The highest BCUT2D eigenvalue weighted by Gasteiger charge is 2.36. The minimum absolute atomic E-state index is 0.0318. The van der Waals surface area contributed by atoms with E-state index in [1.165, 1.54) is 30.3 Å². The molecule has 0 unspecified atom stereocenters. The fraction of sp³-hybridized carbons (Fsp3) is 0.133. The summed E-state index contributed by atoms with van der Waals surface area (Å²) < 4.78 is 63.1. The van der Waals surface area contributed by atoms with Gasteiger partial charge in [-0.2, -0.15) is 13.1 Å². The van der Waals surface area contributed by atoms with Crippen LogP contribution in [0.3, 0.4) is 0 Å². The molecule has 14 heteroatoms. The average molecular weight is 636 g/mol. The van der Waals surface area contributed by atoms with E-state index in [1.54, 1.807) is 42.5 Å². The van der Waals surface area contributed by atoms with Crippen molar-refractivity contribution >= 4 is 49.1 Å². The molecule has 0 spiro atoms. The lowest BCUT2D eigenvalue weighted by Crippen LogP contribution is -2.45. The molecule has 1 aliphatic rings. The Morgan fingerprint density at radius 1 is 0.932 bits per heavy atom. The topological polar surface area (TPSA) is 177 Å². The van der Waals surface area contributed by atoms with Crippen LogP contribution in [0.5, 0.6) is 5.75 Å². The van der Waals surface area contributed by atoms with Crippen LogP contribution in [0.25, 0.3) is 0 Å². The molecule has 1 aliphatic heterocycles. The molecule has 2 amide bonds. The van der Waals surface area contributed by atoms with E-state index in [0.29, 0.717) is 16.9 Å². The van der Waals surface area contributed by atoms with Gasteiger partial charge in [0.2, 0.25) is 15.9 Å². The molecule has 0 saturated carbocycles. The second-order valence-corrected chi connectivity index (χ2v) is 13.2. The van der Waals surface area contributed by atoms with E-state index in [0.717, 1.165) is 9.87 Å². The Kier molecular flexibility index (Phi) is 8.85. The van der Waals surface area contributed by atoms with Gasteiger partial charge in [0, 0.05) is 0 Å². The van der Waals surface area contributed by atoms with Crippen LogP contribution < -0.4 is 29.5 Å². The lowest BCUT2D eigenvalue weighted by atomic mass is 10.0. The van der Waals surface area contributed by atoms with Gasteiger partial charge in [-0.25, -0.2) is 17.4 Å². The number of sulfonamides is 1. The van der Waals surface area contributed by atoms with Crippen LogP contribution in [0, 0.1) is 0 Å². The number of para-hydroxylation sites is 2. The third-order valence-electron chi connectivity index (χ3n) is 6.68. The predicted molar refractivity (Wildman–Crippen MR) is 165 cm³/mol. The maximum atomic E-state index is 13.5. The second-order valence-electron chi connectivity index (χ2n) is 9.88. The van der Waals surface area contributed by atoms with Crippen LogP contribution >= 0.6 is 0 Å². The molecule has 44 heavy (non-hydrogen) atoms. The molecule has 0 aromatic heterocycles. The van der Waals surface area contributed by atoms with E-state index in [-0.39, 0.29) is 29.4 Å². The maximum absolute atomic E-state index is 13.5. The number of rotatable bonds is 11. The summed E-state index contributed by atoms with van der Waals surface area (Å²) in [7, 11) is -8.28. The van der Waals surface area contributed by atoms with Gasteiger partial charge in [0.15, 0.2) is 0 Å². The summed E-state index contributed by atoms with van der Waals surface area (Å²) in [6.45, 7) is -0.367. The molecule has 1 fully saturated rings. The highest BCUT2D eigenvalue weighted by molar-refractivity contribution is 7.92. The summed E-state index contributed by atoms with van der Waals surface area (Å²) in [6, 6.07) is 26.5. The quantitative estimate of drug-likeness (QED) is 0.182. The number of nitrogen functional groups attached to an aromatic ring is 1. The fourth-order valence-corrected chi connectivity index (χ4v) is 6.89. The van der Waals surface area contributed by atoms with E-state index in [1.807, 2.05) is 35.1 Å². The van der Waals surface area contributed by atoms with Crippen LogP contribution in [-0.4, -0.2) is 41.2 Å². The predicted octanol–water partition coefficient (Wildman–Crippen LogP) is 2.56. The highest BCUT2D eigenvalue weighted by atomic mass is 32.2. The van der Waals surface area contributed by atoms with Gasteiger partial charge in [0.1, 0.15) is 24.9 Å². The molecule has 1 heterocycles. The SMILES string of the molecule is Nc1ccccc1NC(=O)[C@H](Cc1ccc(N2CC(=O)NS2(=O)=O)c(OCc2ccccc2)c1)NS(=O)(=O)c1ccccc1. The first-order valence-electron chi connectivity index (χ1n) is 13.4. The Hall–Kier alpha value is -4.92. The molecule has 0 aliphatic carbocycles. The lowest BCUT2D eigenvalue weighted by molar-refractivity contribution is -0.118. The van der Waals surface area contributed by atoms with Crippen LogP contribution in [0.1, 0.15) is 11.1 Å². The highest BCUT2D eigenvalue weighted by Crippen LogP contribution is 2.34. The number of anilines is 3. The van der Waals surface area contributed by atoms with Crippen molar-refractivity contribution < 1.29 is 31.2 Å². The van der Waals surface area contributed by atoms with Crippen molar-refractivity contribution in [1.29, 1.82) is 0 Å². The standard InChI is InChI=1S/C30H29N5O7S2/c31-24-13-7-8-14-25(24)32-30(37)26(33-43(38,39)23-11-5-2-6-12-23)17-22-15-16-27(35-19-29(36)34-44(35,40)41)28(18-22)42-20-21-9-3-1-4-10-21/h1-16,18,26,33H,17,19-20,31H2,(H,32,37)(H,34,36)/t26-/m0/s1. The lowest BCUT2D eigenvalue weighted by Gasteiger charge is -2.22. The number of carbonyl (C=O) groups excluding carboxylic acids is 2. The van der Waals surface area contributed by atoms with E-state index < -0.39 is 44.6 Å². The number of hydrogen-bond donors (Lipinski definition) is 4. The number of ether oxygens (including phenoxy) is 1. The van der Waals surface area contributed by atoms with Gasteiger partial charge in [0.25, 0.3) is 5.91 Å². The molecular weight excluding hydrogens is 606 g/mol. The van der Waals surface area contributed by atoms with Gasteiger partial charge in [-0.3, -0.25) is 9.59 Å². The average Bonchev–Trinajstić information content (AvgIpc) is 3.29. The minimum atomic E-state index is -4.15. The molecule has 1 saturated heterocycles. The Labute approximate surface area is 255 Å². The first-order valence-corrected chi connectivity index (χ1v) is 16.3. The second kappa shape index (κ2) is 12.8. The number of benzene rings is 4. The molecule has 0 radical (unpaired) electrons. The molecule has 4 aromatic carbocycles. The van der Waals surface area contributed by atoms with Crippen molar-refractivity contribution in [2.45, 2.75) is 24.0 Å².